The van der Waals surface area contributed by atoms with Crippen molar-refractivity contribution in [3.63, 3.8) is 0 Å². The highest BCUT2D eigenvalue weighted by Gasteiger charge is 2.25. The Balaban J connectivity index is 1.61. The standard InChI is InChI=1S/C16H21N3O4S/c1-24(22,23)19-8-6-18(7-9-19)11-15(20)13-2-4-14-12(10-13)3-5-16(21)17-14/h2,4,10H,3,5-9,11H2,1H3,(H,17,21). The molecule has 1 aromatic rings. The zero-order chi connectivity index (χ0) is 17.3. The number of benzene rings is 1. The number of nitrogens with one attached hydrogen (secondary N) is 1. The molecular weight excluding hydrogens is 330 g/mol. The van der Waals surface area contributed by atoms with Crippen LogP contribution in [0.25, 0.3) is 0 Å². The number of hydrogen-bond donors (Lipinski definition) is 1. The zero-order valence-electron chi connectivity index (χ0n) is 13.6. The number of sulfonamides is 1. The summed E-state index contributed by atoms with van der Waals surface area (Å²) in [6.07, 6.45) is 2.30. The Bertz CT molecular complexity index is 768. The van der Waals surface area contributed by atoms with Crippen molar-refractivity contribution in [2.45, 2.75) is 12.8 Å². The van der Waals surface area contributed by atoms with Crippen molar-refractivity contribution in [3.8, 4) is 0 Å². The highest BCUT2D eigenvalue weighted by Crippen LogP contribution is 2.24. The molecule has 8 heteroatoms. The van der Waals surface area contributed by atoms with Crippen LogP contribution in [-0.2, 0) is 21.2 Å². The molecule has 0 spiro atoms. The number of anilines is 1. The lowest BCUT2D eigenvalue weighted by atomic mass is 9.98. The van der Waals surface area contributed by atoms with E-state index in [0.717, 1.165) is 11.3 Å². The van der Waals surface area contributed by atoms with Gasteiger partial charge in [0.1, 0.15) is 0 Å². The van der Waals surface area contributed by atoms with Gasteiger partial charge in [0, 0.05) is 43.9 Å². The van der Waals surface area contributed by atoms with Gasteiger partial charge in [-0.25, -0.2) is 8.42 Å². The van der Waals surface area contributed by atoms with Gasteiger partial charge >= 0.3 is 0 Å². The smallest absolute Gasteiger partial charge is 0.224 e. The predicted molar refractivity (Wildman–Crippen MR) is 90.6 cm³/mol. The molecule has 0 aromatic heterocycles. The summed E-state index contributed by atoms with van der Waals surface area (Å²) in [6.45, 7) is 2.23. The van der Waals surface area contributed by atoms with E-state index in [1.807, 2.05) is 11.0 Å². The van der Waals surface area contributed by atoms with E-state index in [2.05, 4.69) is 5.32 Å². The SMILES string of the molecule is CS(=O)(=O)N1CCN(CC(=O)c2ccc3c(c2)CCC(=O)N3)CC1. The van der Waals surface area contributed by atoms with Crippen molar-refractivity contribution < 1.29 is 18.0 Å². The first-order chi connectivity index (χ1) is 11.3. The van der Waals surface area contributed by atoms with Crippen LogP contribution in [0.2, 0.25) is 0 Å². The number of rotatable bonds is 4. The lowest BCUT2D eigenvalue weighted by Crippen LogP contribution is -2.49. The molecule has 1 saturated heterocycles. The highest BCUT2D eigenvalue weighted by molar-refractivity contribution is 7.88. The second kappa shape index (κ2) is 6.62. The summed E-state index contributed by atoms with van der Waals surface area (Å²) in [7, 11) is -3.16. The van der Waals surface area contributed by atoms with Gasteiger partial charge in [-0.3, -0.25) is 14.5 Å². The number of carbonyl (C=O) groups excluding carboxylic acids is 2. The number of amides is 1. The Kier molecular flexibility index (Phi) is 4.71. The quantitative estimate of drug-likeness (QED) is 0.790. The molecule has 1 amide bonds. The Morgan fingerprint density at radius 3 is 2.54 bits per heavy atom. The van der Waals surface area contributed by atoms with E-state index in [0.29, 0.717) is 44.6 Å². The topological polar surface area (TPSA) is 86.8 Å². The van der Waals surface area contributed by atoms with Gasteiger partial charge in [0.25, 0.3) is 0 Å². The number of aryl methyl sites for hydroxylation is 1. The van der Waals surface area contributed by atoms with E-state index in [1.165, 1.54) is 10.6 Å². The fourth-order valence-electron chi connectivity index (χ4n) is 3.07. The zero-order valence-corrected chi connectivity index (χ0v) is 14.4. The van der Waals surface area contributed by atoms with Crippen LogP contribution in [0.1, 0.15) is 22.3 Å². The normalized spacial score (nSPS) is 19.6. The van der Waals surface area contributed by atoms with Crippen molar-refractivity contribution in [1.29, 1.82) is 0 Å². The third-order valence-corrected chi connectivity index (χ3v) is 5.79. The summed E-state index contributed by atoms with van der Waals surface area (Å²) in [5.41, 5.74) is 2.40. The van der Waals surface area contributed by atoms with Crippen molar-refractivity contribution >= 4 is 27.4 Å². The third-order valence-electron chi connectivity index (χ3n) is 4.49. The van der Waals surface area contributed by atoms with Crippen molar-refractivity contribution in [2.24, 2.45) is 0 Å². The van der Waals surface area contributed by atoms with Crippen LogP contribution in [0.4, 0.5) is 5.69 Å². The predicted octanol–water partition coefficient (Wildman–Crippen LogP) is 0.331. The molecule has 0 bridgehead atoms. The molecule has 3 rings (SSSR count). The van der Waals surface area contributed by atoms with Gasteiger partial charge in [0.15, 0.2) is 5.78 Å². The van der Waals surface area contributed by atoms with Crippen LogP contribution < -0.4 is 5.32 Å². The summed E-state index contributed by atoms with van der Waals surface area (Å²) in [5.74, 6) is 0.0211. The Morgan fingerprint density at radius 2 is 1.88 bits per heavy atom. The Morgan fingerprint density at radius 1 is 1.17 bits per heavy atom. The number of fused-ring (bicyclic) bond motifs is 1. The van der Waals surface area contributed by atoms with Crippen LogP contribution in [-0.4, -0.2) is 68.3 Å². The Hall–Kier alpha value is -1.77. The number of piperazine rings is 1. The van der Waals surface area contributed by atoms with E-state index in [-0.39, 0.29) is 18.2 Å². The second-order valence-electron chi connectivity index (χ2n) is 6.28. The molecule has 2 heterocycles. The van der Waals surface area contributed by atoms with Gasteiger partial charge in [-0.05, 0) is 30.2 Å². The molecule has 1 N–H and O–H groups in total. The van der Waals surface area contributed by atoms with Gasteiger partial charge < -0.3 is 5.32 Å². The molecular formula is C16H21N3O4S. The molecule has 0 unspecified atom stereocenters. The molecule has 2 aliphatic heterocycles. The first-order valence-electron chi connectivity index (χ1n) is 7.96. The van der Waals surface area contributed by atoms with Crippen molar-refractivity contribution in [3.05, 3.63) is 29.3 Å². The summed E-state index contributed by atoms with van der Waals surface area (Å²) < 4.78 is 24.5. The summed E-state index contributed by atoms with van der Waals surface area (Å²) in [4.78, 5) is 25.8. The maximum absolute atomic E-state index is 12.5. The van der Waals surface area contributed by atoms with E-state index in [9.17, 15) is 18.0 Å². The van der Waals surface area contributed by atoms with Gasteiger partial charge in [0.05, 0.1) is 12.8 Å². The molecule has 7 nitrogen and oxygen atoms in total. The monoisotopic (exact) mass is 351 g/mol. The van der Waals surface area contributed by atoms with Crippen LogP contribution in [0, 0.1) is 0 Å². The summed E-state index contributed by atoms with van der Waals surface area (Å²) >= 11 is 0. The van der Waals surface area contributed by atoms with E-state index >= 15 is 0 Å². The van der Waals surface area contributed by atoms with Gasteiger partial charge in [-0.2, -0.15) is 4.31 Å². The average molecular weight is 351 g/mol. The lowest BCUT2D eigenvalue weighted by Gasteiger charge is -2.32. The molecule has 1 aromatic carbocycles. The Labute approximate surface area is 141 Å². The maximum Gasteiger partial charge on any atom is 0.224 e. The number of Topliss-reactive ketones (excluding diaryl/α,β-unsaturated/α-hetero) is 1. The van der Waals surface area contributed by atoms with Crippen molar-refractivity contribution in [1.82, 2.24) is 9.21 Å². The molecule has 0 radical (unpaired) electrons. The molecule has 130 valence electrons. The minimum Gasteiger partial charge on any atom is -0.326 e. The molecule has 24 heavy (non-hydrogen) atoms. The van der Waals surface area contributed by atoms with E-state index in [4.69, 9.17) is 0 Å². The van der Waals surface area contributed by atoms with Gasteiger partial charge in [-0.1, -0.05) is 0 Å². The van der Waals surface area contributed by atoms with Gasteiger partial charge in [0.2, 0.25) is 15.9 Å². The van der Waals surface area contributed by atoms with Crippen molar-refractivity contribution in [2.75, 3.05) is 44.3 Å². The fraction of sp³-hybridized carbons (Fsp3) is 0.500. The van der Waals surface area contributed by atoms with Crippen LogP contribution in [0.15, 0.2) is 18.2 Å². The first-order valence-corrected chi connectivity index (χ1v) is 9.81. The molecule has 0 aliphatic carbocycles. The molecule has 0 saturated carbocycles. The number of ketones is 1. The maximum atomic E-state index is 12.5. The number of carbonyl (C=O) groups is 2. The number of hydrogen-bond acceptors (Lipinski definition) is 5. The molecule has 0 atom stereocenters. The minimum atomic E-state index is -3.16. The van der Waals surface area contributed by atoms with Crippen LogP contribution in [0.5, 0.6) is 0 Å². The van der Waals surface area contributed by atoms with Crippen LogP contribution in [0.3, 0.4) is 0 Å². The number of nitrogens with zero attached hydrogens (tertiary/aromatic N) is 2. The largest absolute Gasteiger partial charge is 0.326 e. The van der Waals surface area contributed by atoms with Crippen LogP contribution >= 0.6 is 0 Å². The highest BCUT2D eigenvalue weighted by atomic mass is 32.2. The fourth-order valence-corrected chi connectivity index (χ4v) is 3.90. The molecule has 1 fully saturated rings. The first kappa shape index (κ1) is 17.1. The van der Waals surface area contributed by atoms with Gasteiger partial charge in [-0.15, -0.1) is 0 Å². The second-order valence-corrected chi connectivity index (χ2v) is 8.26. The van der Waals surface area contributed by atoms with E-state index < -0.39 is 10.0 Å². The minimum absolute atomic E-state index is 0.00493. The summed E-state index contributed by atoms with van der Waals surface area (Å²) in [6, 6.07) is 5.37. The third kappa shape index (κ3) is 3.82. The average Bonchev–Trinajstić information content (AvgIpc) is 2.54. The lowest BCUT2D eigenvalue weighted by molar-refractivity contribution is -0.116. The van der Waals surface area contributed by atoms with E-state index in [1.54, 1.807) is 12.1 Å². The molecule has 2 aliphatic rings. The summed E-state index contributed by atoms with van der Waals surface area (Å²) in [5, 5.41) is 2.80.